The van der Waals surface area contributed by atoms with Crippen LogP contribution in [0, 0.1) is 0 Å². The fraction of sp³-hybridized carbons (Fsp3) is 0.857. The minimum absolute atomic E-state index is 0.256. The quantitative estimate of drug-likeness (QED) is 0.586. The molecule has 0 radical (unpaired) electrons. The van der Waals surface area contributed by atoms with Gasteiger partial charge >= 0.3 is 11.8 Å². The molecule has 0 aromatic carbocycles. The van der Waals surface area contributed by atoms with Crippen LogP contribution in [0.4, 0.5) is 0 Å². The molecule has 1 saturated carbocycles. The van der Waals surface area contributed by atoms with Crippen molar-refractivity contribution in [3.63, 3.8) is 0 Å². The van der Waals surface area contributed by atoms with E-state index in [2.05, 4.69) is 17.1 Å². The summed E-state index contributed by atoms with van der Waals surface area (Å²) in [5.74, 6) is -0.762. The molecule has 0 spiro atoms. The lowest BCUT2D eigenvalue weighted by atomic mass is 10.2. The molecule has 108 valence electrons. The Bertz CT molecular complexity index is 321. The molecule has 1 N–H and O–H groups in total. The standard InChI is InChI=1S/C14H25N3O2/c1-2-3-4-7-16-8-10-17(11-9-16)14(19)13(18)15-12-5-6-12/h12H,2-11H2,1H3,(H,15,18). The Morgan fingerprint density at radius 2 is 1.79 bits per heavy atom. The second kappa shape index (κ2) is 6.89. The smallest absolute Gasteiger partial charge is 0.311 e. The molecule has 0 bridgehead atoms. The van der Waals surface area contributed by atoms with E-state index in [1.165, 1.54) is 19.3 Å². The van der Waals surface area contributed by atoms with Gasteiger partial charge in [-0.1, -0.05) is 19.8 Å². The van der Waals surface area contributed by atoms with Crippen molar-refractivity contribution in [3.8, 4) is 0 Å². The Labute approximate surface area is 115 Å². The molecule has 2 aliphatic rings. The van der Waals surface area contributed by atoms with Gasteiger partial charge in [0.05, 0.1) is 0 Å². The molecule has 5 nitrogen and oxygen atoms in total. The van der Waals surface area contributed by atoms with Gasteiger partial charge in [-0.05, 0) is 25.8 Å². The second-order valence-corrected chi connectivity index (χ2v) is 5.59. The lowest BCUT2D eigenvalue weighted by Gasteiger charge is -2.34. The van der Waals surface area contributed by atoms with Crippen molar-refractivity contribution >= 4 is 11.8 Å². The first-order chi connectivity index (χ1) is 9.20. The van der Waals surface area contributed by atoms with Gasteiger partial charge in [-0.2, -0.15) is 0 Å². The van der Waals surface area contributed by atoms with Crippen LogP contribution in [-0.4, -0.2) is 60.4 Å². The zero-order valence-corrected chi connectivity index (χ0v) is 11.9. The summed E-state index contributed by atoms with van der Waals surface area (Å²) in [5, 5.41) is 2.76. The zero-order chi connectivity index (χ0) is 13.7. The molecule has 1 aliphatic heterocycles. The second-order valence-electron chi connectivity index (χ2n) is 5.59. The van der Waals surface area contributed by atoms with Gasteiger partial charge < -0.3 is 10.2 Å². The number of carbonyl (C=O) groups is 2. The number of carbonyl (C=O) groups excluding carboxylic acids is 2. The normalized spacial score (nSPS) is 20.4. The first-order valence-electron chi connectivity index (χ1n) is 7.53. The van der Waals surface area contributed by atoms with Crippen LogP contribution in [0.25, 0.3) is 0 Å². The van der Waals surface area contributed by atoms with E-state index in [0.717, 1.165) is 32.5 Å². The van der Waals surface area contributed by atoms with Crippen molar-refractivity contribution in [3.05, 3.63) is 0 Å². The molecule has 2 fully saturated rings. The van der Waals surface area contributed by atoms with Gasteiger partial charge in [0.2, 0.25) is 0 Å². The average Bonchev–Trinajstić information content (AvgIpc) is 3.23. The maximum absolute atomic E-state index is 11.9. The summed E-state index contributed by atoms with van der Waals surface area (Å²) in [6.07, 6.45) is 5.77. The number of rotatable bonds is 5. The Kier molecular flexibility index (Phi) is 5.19. The molecule has 1 saturated heterocycles. The van der Waals surface area contributed by atoms with Gasteiger partial charge in [-0.3, -0.25) is 14.5 Å². The molecule has 2 rings (SSSR count). The molecular formula is C14H25N3O2. The lowest BCUT2D eigenvalue weighted by Crippen LogP contribution is -2.52. The van der Waals surface area contributed by atoms with E-state index >= 15 is 0 Å². The third-order valence-corrected chi connectivity index (χ3v) is 3.84. The van der Waals surface area contributed by atoms with E-state index in [0.29, 0.717) is 13.1 Å². The molecule has 0 unspecified atom stereocenters. The number of nitrogens with zero attached hydrogens (tertiary/aromatic N) is 2. The highest BCUT2D eigenvalue weighted by Gasteiger charge is 2.30. The van der Waals surface area contributed by atoms with Gasteiger partial charge in [-0.25, -0.2) is 0 Å². The summed E-state index contributed by atoms with van der Waals surface area (Å²) < 4.78 is 0. The third-order valence-electron chi connectivity index (χ3n) is 3.84. The largest absolute Gasteiger partial charge is 0.345 e. The molecule has 1 heterocycles. The van der Waals surface area contributed by atoms with Crippen molar-refractivity contribution in [2.45, 2.75) is 45.1 Å². The van der Waals surface area contributed by atoms with Crippen molar-refractivity contribution in [2.24, 2.45) is 0 Å². The maximum atomic E-state index is 11.9. The summed E-state index contributed by atoms with van der Waals surface area (Å²) in [7, 11) is 0. The molecule has 0 aromatic heterocycles. The first-order valence-corrected chi connectivity index (χ1v) is 7.53. The minimum Gasteiger partial charge on any atom is -0.345 e. The number of nitrogens with one attached hydrogen (secondary N) is 1. The molecule has 0 atom stereocenters. The molecular weight excluding hydrogens is 242 g/mol. The molecule has 2 amide bonds. The van der Waals surface area contributed by atoms with Gasteiger partial charge in [0, 0.05) is 32.2 Å². The van der Waals surface area contributed by atoms with E-state index in [-0.39, 0.29) is 11.9 Å². The molecule has 5 heteroatoms. The fourth-order valence-electron chi connectivity index (χ4n) is 2.38. The van der Waals surface area contributed by atoms with Crippen molar-refractivity contribution in [1.82, 2.24) is 15.1 Å². The SMILES string of the molecule is CCCCCN1CCN(C(=O)C(=O)NC2CC2)CC1. The number of unbranched alkanes of at least 4 members (excludes halogenated alkanes) is 2. The predicted molar refractivity (Wildman–Crippen MR) is 73.7 cm³/mol. The van der Waals surface area contributed by atoms with Crippen molar-refractivity contribution in [2.75, 3.05) is 32.7 Å². The highest BCUT2D eigenvalue weighted by molar-refractivity contribution is 6.35. The Morgan fingerprint density at radius 1 is 1.11 bits per heavy atom. The molecule has 1 aliphatic carbocycles. The van der Waals surface area contributed by atoms with Crippen LogP contribution < -0.4 is 5.32 Å². The van der Waals surface area contributed by atoms with Crippen LogP contribution in [0.5, 0.6) is 0 Å². The summed E-state index contributed by atoms with van der Waals surface area (Å²) >= 11 is 0. The molecule has 19 heavy (non-hydrogen) atoms. The highest BCUT2D eigenvalue weighted by atomic mass is 16.2. The van der Waals surface area contributed by atoms with Crippen LogP contribution in [0.3, 0.4) is 0 Å². The average molecular weight is 267 g/mol. The minimum atomic E-state index is -0.415. The van der Waals surface area contributed by atoms with Crippen LogP contribution in [-0.2, 0) is 9.59 Å². The number of hydrogen-bond donors (Lipinski definition) is 1. The van der Waals surface area contributed by atoms with E-state index in [4.69, 9.17) is 0 Å². The summed E-state index contributed by atoms with van der Waals surface area (Å²) in [6.45, 7) is 6.48. The lowest BCUT2D eigenvalue weighted by molar-refractivity contribution is -0.147. The number of amides is 2. The van der Waals surface area contributed by atoms with Gasteiger partial charge in [0.15, 0.2) is 0 Å². The van der Waals surface area contributed by atoms with Crippen molar-refractivity contribution in [1.29, 1.82) is 0 Å². The van der Waals surface area contributed by atoms with Crippen LogP contribution in [0.2, 0.25) is 0 Å². The number of piperazine rings is 1. The van der Waals surface area contributed by atoms with Crippen LogP contribution in [0.15, 0.2) is 0 Å². The van der Waals surface area contributed by atoms with Gasteiger partial charge in [-0.15, -0.1) is 0 Å². The summed E-state index contributed by atoms with van der Waals surface area (Å²) in [4.78, 5) is 27.7. The maximum Gasteiger partial charge on any atom is 0.311 e. The van der Waals surface area contributed by atoms with Gasteiger partial charge in [0.25, 0.3) is 0 Å². The predicted octanol–water partition coefficient (Wildman–Crippen LogP) is 0.599. The number of hydrogen-bond acceptors (Lipinski definition) is 3. The molecule has 0 aromatic rings. The van der Waals surface area contributed by atoms with Crippen LogP contribution in [0.1, 0.15) is 39.0 Å². The van der Waals surface area contributed by atoms with E-state index in [9.17, 15) is 9.59 Å². The van der Waals surface area contributed by atoms with E-state index in [1.807, 2.05) is 0 Å². The monoisotopic (exact) mass is 267 g/mol. The van der Waals surface area contributed by atoms with E-state index < -0.39 is 5.91 Å². The Balaban J connectivity index is 1.66. The summed E-state index contributed by atoms with van der Waals surface area (Å²) in [5.41, 5.74) is 0. The Hall–Kier alpha value is -1.10. The Morgan fingerprint density at radius 3 is 2.37 bits per heavy atom. The van der Waals surface area contributed by atoms with Crippen molar-refractivity contribution < 1.29 is 9.59 Å². The zero-order valence-electron chi connectivity index (χ0n) is 11.9. The fourth-order valence-corrected chi connectivity index (χ4v) is 2.38. The van der Waals surface area contributed by atoms with Gasteiger partial charge in [0.1, 0.15) is 0 Å². The first kappa shape index (κ1) is 14.3. The third kappa shape index (κ3) is 4.49. The van der Waals surface area contributed by atoms with Crippen LogP contribution >= 0.6 is 0 Å². The summed E-state index contributed by atoms with van der Waals surface area (Å²) in [6, 6.07) is 0.256. The highest BCUT2D eigenvalue weighted by Crippen LogP contribution is 2.18. The topological polar surface area (TPSA) is 52.7 Å². The van der Waals surface area contributed by atoms with E-state index in [1.54, 1.807) is 4.90 Å².